The van der Waals surface area contributed by atoms with Gasteiger partial charge >= 0.3 is 0 Å². The number of ketones is 1. The van der Waals surface area contributed by atoms with E-state index in [4.69, 9.17) is 0 Å². The zero-order valence-corrected chi connectivity index (χ0v) is 19.5. The molecule has 1 aliphatic carbocycles. The number of carbonyl (C=O) groups excluding carboxylic acids is 1. The van der Waals surface area contributed by atoms with Crippen LogP contribution in [0.3, 0.4) is 0 Å². The fraction of sp³-hybridized carbons (Fsp3) is 0.367. The van der Waals surface area contributed by atoms with Crippen molar-refractivity contribution in [1.29, 1.82) is 0 Å². The normalized spacial score (nSPS) is 27.9. The Morgan fingerprint density at radius 2 is 1.35 bits per heavy atom. The molecule has 4 atom stereocenters. The Hall–Kier alpha value is -2.79. The second kappa shape index (κ2) is 9.46. The predicted octanol–water partition coefficient (Wildman–Crippen LogP) is 4.05. The lowest BCUT2D eigenvalue weighted by Gasteiger charge is -2.60. The quantitative estimate of drug-likeness (QED) is 0.564. The van der Waals surface area contributed by atoms with Crippen LogP contribution in [-0.4, -0.2) is 46.2 Å². The number of rotatable bonds is 7. The van der Waals surface area contributed by atoms with E-state index >= 15 is 0 Å². The van der Waals surface area contributed by atoms with Gasteiger partial charge in [0.05, 0.1) is 12.2 Å². The highest BCUT2D eigenvalue weighted by Crippen LogP contribution is 2.53. The fourth-order valence-electron chi connectivity index (χ4n) is 6.44. The van der Waals surface area contributed by atoms with Crippen LogP contribution in [0.5, 0.6) is 0 Å². The zero-order valence-electron chi connectivity index (χ0n) is 19.5. The summed E-state index contributed by atoms with van der Waals surface area (Å²) < 4.78 is 0. The van der Waals surface area contributed by atoms with Gasteiger partial charge in [-0.25, -0.2) is 0 Å². The first-order chi connectivity index (χ1) is 16.5. The minimum atomic E-state index is -0.896. The SMILES string of the molecule is O=C1C[C@]2(Cc3ccccc3)CN(Cc3ccccc3)C[C@](C(O)Cc3ccccc3)(C1)C2O. The van der Waals surface area contributed by atoms with E-state index in [9.17, 15) is 15.0 Å². The molecular weight excluding hydrogens is 422 g/mol. The summed E-state index contributed by atoms with van der Waals surface area (Å²) in [4.78, 5) is 15.6. The minimum absolute atomic E-state index is 0.146. The van der Waals surface area contributed by atoms with Gasteiger partial charge in [-0.2, -0.15) is 0 Å². The molecule has 5 rings (SSSR count). The van der Waals surface area contributed by atoms with Crippen LogP contribution >= 0.6 is 0 Å². The Morgan fingerprint density at radius 1 is 0.794 bits per heavy atom. The Morgan fingerprint density at radius 3 is 1.97 bits per heavy atom. The summed E-state index contributed by atoms with van der Waals surface area (Å²) in [5, 5.41) is 23.6. The molecule has 2 unspecified atom stereocenters. The first-order valence-electron chi connectivity index (χ1n) is 12.2. The molecule has 3 aromatic carbocycles. The number of likely N-dealkylation sites (tertiary alicyclic amines) is 1. The van der Waals surface area contributed by atoms with Gasteiger partial charge in [0.2, 0.25) is 0 Å². The van der Waals surface area contributed by atoms with Crippen LogP contribution in [0.15, 0.2) is 91.0 Å². The van der Waals surface area contributed by atoms with E-state index in [1.165, 1.54) is 5.56 Å². The van der Waals surface area contributed by atoms with Crippen LogP contribution in [0.25, 0.3) is 0 Å². The largest absolute Gasteiger partial charge is 0.392 e. The van der Waals surface area contributed by atoms with Crippen molar-refractivity contribution in [2.45, 2.75) is 44.4 Å². The highest BCUT2D eigenvalue weighted by atomic mass is 16.3. The Bertz CT molecular complexity index is 1100. The van der Waals surface area contributed by atoms with Crippen LogP contribution in [0.2, 0.25) is 0 Å². The van der Waals surface area contributed by atoms with Gasteiger partial charge in [-0.05, 0) is 29.5 Å². The Labute approximate surface area is 201 Å². The molecule has 34 heavy (non-hydrogen) atoms. The smallest absolute Gasteiger partial charge is 0.134 e. The molecule has 0 spiro atoms. The van der Waals surface area contributed by atoms with Crippen molar-refractivity contribution < 1.29 is 15.0 Å². The molecule has 0 amide bonds. The summed E-state index contributed by atoms with van der Waals surface area (Å²) in [6.45, 7) is 1.86. The number of aliphatic hydroxyl groups is 2. The Balaban J connectivity index is 1.52. The number of hydrogen-bond acceptors (Lipinski definition) is 4. The highest BCUT2D eigenvalue weighted by Gasteiger charge is 2.62. The van der Waals surface area contributed by atoms with Crippen LogP contribution in [0.1, 0.15) is 29.5 Å². The predicted molar refractivity (Wildman–Crippen MR) is 133 cm³/mol. The van der Waals surface area contributed by atoms with E-state index < -0.39 is 23.0 Å². The monoisotopic (exact) mass is 455 g/mol. The van der Waals surface area contributed by atoms with Crippen molar-refractivity contribution in [3.8, 4) is 0 Å². The number of carbonyl (C=O) groups is 1. The van der Waals surface area contributed by atoms with Crippen LogP contribution < -0.4 is 0 Å². The van der Waals surface area contributed by atoms with Gasteiger partial charge in [0, 0.05) is 43.3 Å². The fourth-order valence-corrected chi connectivity index (χ4v) is 6.44. The molecule has 1 aliphatic heterocycles. The summed E-state index contributed by atoms with van der Waals surface area (Å²) in [5.74, 6) is 0.146. The van der Waals surface area contributed by atoms with Crippen molar-refractivity contribution in [3.63, 3.8) is 0 Å². The molecule has 2 N–H and O–H groups in total. The molecule has 1 saturated carbocycles. The topological polar surface area (TPSA) is 60.8 Å². The summed E-state index contributed by atoms with van der Waals surface area (Å²) in [7, 11) is 0. The zero-order chi connectivity index (χ0) is 23.6. The summed E-state index contributed by atoms with van der Waals surface area (Å²) in [6.07, 6.45) is 0.0157. The number of nitrogens with zero attached hydrogens (tertiary/aromatic N) is 1. The van der Waals surface area contributed by atoms with Gasteiger partial charge in [-0.15, -0.1) is 0 Å². The van der Waals surface area contributed by atoms with E-state index in [-0.39, 0.29) is 12.2 Å². The van der Waals surface area contributed by atoms with Crippen molar-refractivity contribution in [2.75, 3.05) is 13.1 Å². The molecule has 2 bridgehead atoms. The van der Waals surface area contributed by atoms with E-state index in [1.807, 2.05) is 66.7 Å². The molecule has 1 saturated heterocycles. The molecule has 176 valence electrons. The number of Topliss-reactive ketones (excluding diaryl/α,β-unsaturated/α-hetero) is 1. The van der Waals surface area contributed by atoms with Gasteiger partial charge in [-0.1, -0.05) is 91.0 Å². The number of fused-ring (bicyclic) bond motifs is 2. The van der Waals surface area contributed by atoms with E-state index in [1.54, 1.807) is 0 Å². The minimum Gasteiger partial charge on any atom is -0.392 e. The number of aliphatic hydroxyl groups excluding tert-OH is 2. The molecule has 4 nitrogen and oxygen atoms in total. The third kappa shape index (κ3) is 4.46. The molecule has 0 aromatic heterocycles. The molecule has 1 heterocycles. The summed E-state index contributed by atoms with van der Waals surface area (Å²) >= 11 is 0. The van der Waals surface area contributed by atoms with Crippen LogP contribution in [0, 0.1) is 10.8 Å². The van der Waals surface area contributed by atoms with Gasteiger partial charge in [-0.3, -0.25) is 9.69 Å². The van der Waals surface area contributed by atoms with Gasteiger partial charge in [0.25, 0.3) is 0 Å². The standard InChI is InChI=1S/C30H33NO3/c32-26-18-29(17-24-12-6-2-7-13-24)21-31(20-25-14-8-3-9-15-25)22-30(19-26,28(29)34)27(33)16-23-10-4-1-5-11-23/h1-15,27-28,33-34H,16-22H2/t27?,28?,29-,30+/m1/s1. The lowest BCUT2D eigenvalue weighted by Crippen LogP contribution is -2.70. The molecule has 2 fully saturated rings. The molecule has 3 aromatic rings. The number of piperidine rings is 1. The third-order valence-electron chi connectivity index (χ3n) is 7.84. The maximum atomic E-state index is 13.2. The van der Waals surface area contributed by atoms with Crippen LogP contribution in [-0.2, 0) is 24.2 Å². The van der Waals surface area contributed by atoms with E-state index in [0.29, 0.717) is 32.4 Å². The van der Waals surface area contributed by atoms with E-state index in [0.717, 1.165) is 17.7 Å². The lowest BCUT2D eigenvalue weighted by atomic mass is 9.52. The third-order valence-corrected chi connectivity index (χ3v) is 7.84. The average molecular weight is 456 g/mol. The summed E-state index contributed by atoms with van der Waals surface area (Å²) in [6, 6.07) is 30.3. The molecular formula is C30H33NO3. The maximum absolute atomic E-state index is 13.2. The molecule has 2 aliphatic rings. The maximum Gasteiger partial charge on any atom is 0.134 e. The second-order valence-electron chi connectivity index (χ2n) is 10.4. The number of benzene rings is 3. The summed E-state index contributed by atoms with van der Waals surface area (Å²) in [5.41, 5.74) is 1.81. The van der Waals surface area contributed by atoms with Crippen LogP contribution in [0.4, 0.5) is 0 Å². The Kier molecular flexibility index (Phi) is 6.39. The second-order valence-corrected chi connectivity index (χ2v) is 10.4. The van der Waals surface area contributed by atoms with Gasteiger partial charge < -0.3 is 10.2 Å². The van der Waals surface area contributed by atoms with E-state index in [2.05, 4.69) is 29.2 Å². The van der Waals surface area contributed by atoms with Gasteiger partial charge in [0.1, 0.15) is 5.78 Å². The lowest BCUT2D eigenvalue weighted by molar-refractivity contribution is -0.205. The highest BCUT2D eigenvalue weighted by molar-refractivity contribution is 5.82. The van der Waals surface area contributed by atoms with Crippen molar-refractivity contribution in [1.82, 2.24) is 4.90 Å². The first kappa shape index (κ1) is 23.0. The average Bonchev–Trinajstić information content (AvgIpc) is 2.83. The molecule has 0 radical (unpaired) electrons. The van der Waals surface area contributed by atoms with Gasteiger partial charge in [0.15, 0.2) is 0 Å². The van der Waals surface area contributed by atoms with Crippen molar-refractivity contribution in [3.05, 3.63) is 108 Å². The van der Waals surface area contributed by atoms with Crippen molar-refractivity contribution in [2.24, 2.45) is 10.8 Å². The first-order valence-corrected chi connectivity index (χ1v) is 12.2. The van der Waals surface area contributed by atoms with Crippen molar-refractivity contribution >= 4 is 5.78 Å². The number of hydrogen-bond donors (Lipinski definition) is 2. The molecule has 4 heteroatoms.